The average Bonchev–Trinajstić information content (AvgIpc) is 2.47. The van der Waals surface area contributed by atoms with Crippen molar-refractivity contribution in [1.82, 2.24) is 5.32 Å². The highest BCUT2D eigenvalue weighted by Gasteiger charge is 2.23. The number of phenolic OH excluding ortho intramolecular Hbond substituents is 2. The molecule has 0 spiro atoms. The van der Waals surface area contributed by atoms with Crippen LogP contribution < -0.4 is 5.32 Å². The Kier molecular flexibility index (Phi) is 7.51. The molecule has 0 aliphatic carbocycles. The van der Waals surface area contributed by atoms with Gasteiger partial charge in [-0.15, -0.1) is 0 Å². The van der Waals surface area contributed by atoms with Crippen LogP contribution in [0.5, 0.6) is 11.5 Å². The van der Waals surface area contributed by atoms with E-state index in [9.17, 15) is 24.9 Å². The van der Waals surface area contributed by atoms with E-state index < -0.39 is 23.8 Å². The predicted molar refractivity (Wildman–Crippen MR) is 87.7 cm³/mol. The molecule has 5 N–H and O–H groups in total. The van der Waals surface area contributed by atoms with Crippen LogP contribution in [0.2, 0.25) is 0 Å². The number of carboxylic acid groups (broad SMARTS) is 1. The highest BCUT2D eigenvalue weighted by atomic mass is 16.4. The van der Waals surface area contributed by atoms with Crippen LogP contribution in [0.25, 0.3) is 0 Å². The van der Waals surface area contributed by atoms with Gasteiger partial charge in [-0.3, -0.25) is 4.79 Å². The number of carbonyl (C=O) groups is 2. The molecule has 1 amide bonds. The lowest BCUT2D eigenvalue weighted by Crippen LogP contribution is -2.42. The Hall–Kier alpha value is -2.28. The number of carboxylic acids is 1. The minimum Gasteiger partial charge on any atom is -0.508 e. The Morgan fingerprint density at radius 2 is 1.88 bits per heavy atom. The summed E-state index contributed by atoms with van der Waals surface area (Å²) in [7, 11) is 0. The van der Waals surface area contributed by atoms with E-state index in [2.05, 4.69) is 5.32 Å². The fourth-order valence-electron chi connectivity index (χ4n) is 2.45. The normalized spacial score (nSPS) is 13.5. The third-order valence-electron chi connectivity index (χ3n) is 3.65. The van der Waals surface area contributed by atoms with Gasteiger partial charge in [-0.05, 0) is 36.3 Å². The maximum absolute atomic E-state index is 12.0. The Morgan fingerprint density at radius 3 is 2.38 bits per heavy atom. The van der Waals surface area contributed by atoms with E-state index in [1.165, 1.54) is 18.2 Å². The summed E-state index contributed by atoms with van der Waals surface area (Å²) in [6.07, 6.45) is 0.500. The minimum absolute atomic E-state index is 0.0569. The van der Waals surface area contributed by atoms with E-state index in [4.69, 9.17) is 5.11 Å². The molecule has 0 heterocycles. The number of aliphatic hydroxyl groups excluding tert-OH is 1. The molecule has 0 radical (unpaired) electrons. The maximum Gasteiger partial charge on any atom is 0.326 e. The summed E-state index contributed by atoms with van der Waals surface area (Å²) in [5, 5.41) is 40.1. The van der Waals surface area contributed by atoms with Gasteiger partial charge in [0.15, 0.2) is 0 Å². The van der Waals surface area contributed by atoms with Gasteiger partial charge in [0.05, 0.1) is 0 Å². The van der Waals surface area contributed by atoms with Crippen LogP contribution in [0, 0.1) is 11.8 Å². The number of aliphatic carboxylic acids is 1. The predicted octanol–water partition coefficient (Wildman–Crippen LogP) is 1.25. The smallest absolute Gasteiger partial charge is 0.326 e. The van der Waals surface area contributed by atoms with Crippen LogP contribution in [0.4, 0.5) is 0 Å². The molecule has 0 aliphatic heterocycles. The number of rotatable bonds is 9. The summed E-state index contributed by atoms with van der Waals surface area (Å²) in [5.74, 6) is -2.08. The van der Waals surface area contributed by atoms with Crippen LogP contribution in [0.1, 0.15) is 32.3 Å². The van der Waals surface area contributed by atoms with Crippen molar-refractivity contribution in [3.05, 3.63) is 23.8 Å². The lowest BCUT2D eigenvalue weighted by molar-refractivity contribution is -0.142. The monoisotopic (exact) mass is 339 g/mol. The number of aromatic hydroxyl groups is 2. The molecule has 1 aromatic rings. The molecule has 7 nitrogen and oxygen atoms in total. The number of hydrogen-bond donors (Lipinski definition) is 5. The van der Waals surface area contributed by atoms with Crippen molar-refractivity contribution in [2.75, 3.05) is 6.61 Å². The fourth-order valence-corrected chi connectivity index (χ4v) is 2.45. The van der Waals surface area contributed by atoms with Crippen molar-refractivity contribution in [3.63, 3.8) is 0 Å². The maximum atomic E-state index is 12.0. The first kappa shape index (κ1) is 19.8. The SMILES string of the molecule is CC(C)CC(NC(=O)CC(CO)Cc1ccc(O)cc1O)C(=O)O. The molecular formula is C17H25NO6. The van der Waals surface area contributed by atoms with Crippen LogP contribution in [0.15, 0.2) is 18.2 Å². The molecule has 134 valence electrons. The number of amides is 1. The first-order valence-corrected chi connectivity index (χ1v) is 7.86. The van der Waals surface area contributed by atoms with Gasteiger partial charge in [-0.1, -0.05) is 19.9 Å². The van der Waals surface area contributed by atoms with Gasteiger partial charge in [0.1, 0.15) is 17.5 Å². The van der Waals surface area contributed by atoms with Gasteiger partial charge in [0.2, 0.25) is 5.91 Å². The van der Waals surface area contributed by atoms with Crippen LogP contribution in [-0.4, -0.2) is 45.0 Å². The molecule has 0 bridgehead atoms. The van der Waals surface area contributed by atoms with E-state index >= 15 is 0 Å². The van der Waals surface area contributed by atoms with Gasteiger partial charge < -0.3 is 25.7 Å². The third kappa shape index (κ3) is 6.45. The first-order valence-electron chi connectivity index (χ1n) is 7.86. The Bertz CT molecular complexity index is 572. The lowest BCUT2D eigenvalue weighted by atomic mass is 9.95. The van der Waals surface area contributed by atoms with Crippen molar-refractivity contribution in [3.8, 4) is 11.5 Å². The largest absolute Gasteiger partial charge is 0.508 e. The van der Waals surface area contributed by atoms with Gasteiger partial charge in [0, 0.05) is 19.1 Å². The average molecular weight is 339 g/mol. The standard InChI is InChI=1S/C17H25NO6/c1-10(2)5-14(17(23)24)18-16(22)7-11(9-19)6-12-3-4-13(20)8-15(12)21/h3-4,8,10-11,14,19-21H,5-7,9H2,1-2H3,(H,18,22)(H,23,24). The zero-order chi connectivity index (χ0) is 18.3. The van der Waals surface area contributed by atoms with E-state index in [1.807, 2.05) is 13.8 Å². The quantitative estimate of drug-likeness (QED) is 0.461. The first-order chi connectivity index (χ1) is 11.2. The molecule has 0 saturated heterocycles. The zero-order valence-corrected chi connectivity index (χ0v) is 13.9. The van der Waals surface area contributed by atoms with E-state index in [1.54, 1.807) is 0 Å². The molecule has 0 aliphatic rings. The second-order valence-electron chi connectivity index (χ2n) is 6.36. The van der Waals surface area contributed by atoms with Crippen LogP contribution in [0.3, 0.4) is 0 Å². The summed E-state index contributed by atoms with van der Waals surface area (Å²) in [5.41, 5.74) is 0.497. The van der Waals surface area contributed by atoms with E-state index in [0.29, 0.717) is 12.0 Å². The van der Waals surface area contributed by atoms with Crippen molar-refractivity contribution in [1.29, 1.82) is 0 Å². The molecule has 24 heavy (non-hydrogen) atoms. The van der Waals surface area contributed by atoms with Gasteiger partial charge >= 0.3 is 5.97 Å². The summed E-state index contributed by atoms with van der Waals surface area (Å²) in [6.45, 7) is 3.45. The van der Waals surface area contributed by atoms with Crippen molar-refractivity contribution in [2.24, 2.45) is 11.8 Å². The molecular weight excluding hydrogens is 314 g/mol. The van der Waals surface area contributed by atoms with E-state index in [-0.39, 0.29) is 36.9 Å². The fraction of sp³-hybridized carbons (Fsp3) is 0.529. The summed E-state index contributed by atoms with van der Waals surface area (Å²) in [6, 6.07) is 3.16. The molecule has 0 fully saturated rings. The number of carbonyl (C=O) groups excluding carboxylic acids is 1. The Labute approximate surface area is 140 Å². The minimum atomic E-state index is -1.09. The molecule has 2 unspecified atom stereocenters. The molecule has 0 aromatic heterocycles. The van der Waals surface area contributed by atoms with Gasteiger partial charge in [0.25, 0.3) is 0 Å². The Balaban J connectivity index is 2.66. The molecule has 0 saturated carbocycles. The second-order valence-corrected chi connectivity index (χ2v) is 6.36. The lowest BCUT2D eigenvalue weighted by Gasteiger charge is -2.19. The van der Waals surface area contributed by atoms with Gasteiger partial charge in [-0.25, -0.2) is 4.79 Å². The number of hydrogen-bond acceptors (Lipinski definition) is 5. The molecule has 1 rings (SSSR count). The van der Waals surface area contributed by atoms with Crippen LogP contribution in [-0.2, 0) is 16.0 Å². The second kappa shape index (κ2) is 9.12. The number of phenols is 2. The summed E-state index contributed by atoms with van der Waals surface area (Å²) in [4.78, 5) is 23.2. The zero-order valence-electron chi connectivity index (χ0n) is 13.9. The third-order valence-corrected chi connectivity index (χ3v) is 3.65. The van der Waals surface area contributed by atoms with Crippen molar-refractivity contribution in [2.45, 2.75) is 39.2 Å². The highest BCUT2D eigenvalue weighted by Crippen LogP contribution is 2.25. The number of aliphatic hydroxyl groups is 1. The summed E-state index contributed by atoms with van der Waals surface area (Å²) < 4.78 is 0. The topological polar surface area (TPSA) is 127 Å². The van der Waals surface area contributed by atoms with E-state index in [0.717, 1.165) is 0 Å². The summed E-state index contributed by atoms with van der Waals surface area (Å²) >= 11 is 0. The number of nitrogens with one attached hydrogen (secondary N) is 1. The van der Waals surface area contributed by atoms with Crippen molar-refractivity contribution < 1.29 is 30.0 Å². The van der Waals surface area contributed by atoms with Crippen LogP contribution >= 0.6 is 0 Å². The highest BCUT2D eigenvalue weighted by molar-refractivity contribution is 5.83. The van der Waals surface area contributed by atoms with Gasteiger partial charge in [-0.2, -0.15) is 0 Å². The number of benzene rings is 1. The van der Waals surface area contributed by atoms with Crippen molar-refractivity contribution >= 4 is 11.9 Å². The molecule has 7 heteroatoms. The Morgan fingerprint density at radius 1 is 1.21 bits per heavy atom. The molecule has 2 atom stereocenters. The molecule has 1 aromatic carbocycles.